The third-order valence-electron chi connectivity index (χ3n) is 4.12. The van der Waals surface area contributed by atoms with Gasteiger partial charge in [0, 0.05) is 6.54 Å². The number of carboxylic acid groups (broad SMARTS) is 1. The van der Waals surface area contributed by atoms with Crippen molar-refractivity contribution in [2.45, 2.75) is 26.3 Å². The van der Waals surface area contributed by atoms with E-state index in [1.807, 2.05) is 30.5 Å². The normalized spacial score (nSPS) is 18.7. The Morgan fingerprint density at radius 3 is 2.81 bits per heavy atom. The molecule has 0 radical (unpaired) electrons. The van der Waals surface area contributed by atoms with E-state index in [4.69, 9.17) is 5.11 Å². The molecular weight excluding hydrogens is 270 g/mol. The number of hydrogen-bond acceptors (Lipinski definition) is 3. The molecule has 0 aliphatic carbocycles. The standard InChI is InChI=1S/C15H17N3O3/c1-9-5-11-13(6-10(9)2)18(8-16-11)12-3-4-17(15(12)21)7-14(19)20/h5-6,8,12H,3-4,7H2,1-2H3,(H,19,20). The second-order valence-electron chi connectivity index (χ2n) is 5.54. The minimum atomic E-state index is -0.981. The maximum absolute atomic E-state index is 12.3. The number of carbonyl (C=O) groups is 2. The van der Waals surface area contributed by atoms with Crippen molar-refractivity contribution in [3.05, 3.63) is 29.6 Å². The molecule has 1 N–H and O–H groups in total. The molecule has 1 atom stereocenters. The summed E-state index contributed by atoms with van der Waals surface area (Å²) in [4.78, 5) is 28.9. The fraction of sp³-hybridized carbons (Fsp3) is 0.400. The predicted molar refractivity (Wildman–Crippen MR) is 77.1 cm³/mol. The molecule has 0 saturated carbocycles. The fourth-order valence-corrected chi connectivity index (χ4v) is 2.83. The minimum Gasteiger partial charge on any atom is -0.480 e. The Morgan fingerprint density at radius 1 is 1.38 bits per heavy atom. The van der Waals surface area contributed by atoms with Gasteiger partial charge in [-0.05, 0) is 43.5 Å². The predicted octanol–water partition coefficient (Wildman–Crippen LogP) is 1.51. The lowest BCUT2D eigenvalue weighted by molar-refractivity contribution is -0.143. The number of rotatable bonds is 3. The molecule has 1 saturated heterocycles. The Kier molecular flexibility index (Phi) is 3.16. The summed E-state index contributed by atoms with van der Waals surface area (Å²) in [5.74, 6) is -1.12. The maximum atomic E-state index is 12.3. The van der Waals surface area contributed by atoms with E-state index in [2.05, 4.69) is 4.98 Å². The summed E-state index contributed by atoms with van der Waals surface area (Å²) in [5.41, 5.74) is 4.10. The highest BCUT2D eigenvalue weighted by Gasteiger charge is 2.34. The van der Waals surface area contributed by atoms with Gasteiger partial charge >= 0.3 is 5.97 Å². The average Bonchev–Trinajstić information content (AvgIpc) is 2.95. The lowest BCUT2D eigenvalue weighted by Crippen LogP contribution is -2.33. The monoisotopic (exact) mass is 287 g/mol. The van der Waals surface area contributed by atoms with Crippen LogP contribution in [0.25, 0.3) is 11.0 Å². The minimum absolute atomic E-state index is 0.144. The zero-order valence-corrected chi connectivity index (χ0v) is 12.0. The number of imidazole rings is 1. The van der Waals surface area contributed by atoms with E-state index in [0.29, 0.717) is 13.0 Å². The Balaban J connectivity index is 1.96. The second kappa shape index (κ2) is 4.87. The number of nitrogens with zero attached hydrogens (tertiary/aromatic N) is 3. The van der Waals surface area contributed by atoms with Crippen LogP contribution in [0.3, 0.4) is 0 Å². The van der Waals surface area contributed by atoms with Crippen LogP contribution in [0.5, 0.6) is 0 Å². The van der Waals surface area contributed by atoms with Gasteiger partial charge in [0.05, 0.1) is 17.4 Å². The molecule has 0 bridgehead atoms. The highest BCUT2D eigenvalue weighted by molar-refractivity contribution is 5.88. The summed E-state index contributed by atoms with van der Waals surface area (Å²) in [6, 6.07) is 3.69. The van der Waals surface area contributed by atoms with Crippen molar-refractivity contribution in [3.63, 3.8) is 0 Å². The zero-order valence-electron chi connectivity index (χ0n) is 12.0. The number of carbonyl (C=O) groups excluding carboxylic acids is 1. The maximum Gasteiger partial charge on any atom is 0.323 e. The van der Waals surface area contributed by atoms with Gasteiger partial charge in [0.15, 0.2) is 0 Å². The molecule has 1 aliphatic heterocycles. The van der Waals surface area contributed by atoms with Crippen molar-refractivity contribution < 1.29 is 14.7 Å². The number of aliphatic carboxylic acids is 1. The van der Waals surface area contributed by atoms with Crippen molar-refractivity contribution in [1.29, 1.82) is 0 Å². The lowest BCUT2D eigenvalue weighted by atomic mass is 10.1. The molecule has 2 heterocycles. The summed E-state index contributed by atoms with van der Waals surface area (Å²) in [7, 11) is 0. The Morgan fingerprint density at radius 2 is 2.10 bits per heavy atom. The van der Waals surface area contributed by atoms with E-state index in [1.54, 1.807) is 6.33 Å². The first-order chi connectivity index (χ1) is 9.97. The first-order valence-electron chi connectivity index (χ1n) is 6.91. The largest absolute Gasteiger partial charge is 0.480 e. The van der Waals surface area contributed by atoms with Gasteiger partial charge in [-0.25, -0.2) is 4.98 Å². The van der Waals surface area contributed by atoms with Crippen LogP contribution >= 0.6 is 0 Å². The van der Waals surface area contributed by atoms with Gasteiger partial charge < -0.3 is 14.6 Å². The van der Waals surface area contributed by atoms with Crippen LogP contribution in [-0.2, 0) is 9.59 Å². The molecule has 0 spiro atoms. The molecule has 3 rings (SSSR count). The smallest absolute Gasteiger partial charge is 0.323 e. The average molecular weight is 287 g/mol. The van der Waals surface area contributed by atoms with E-state index in [-0.39, 0.29) is 18.5 Å². The number of benzene rings is 1. The number of aryl methyl sites for hydroxylation is 2. The van der Waals surface area contributed by atoms with Crippen molar-refractivity contribution in [2.24, 2.45) is 0 Å². The number of likely N-dealkylation sites (tertiary alicyclic amines) is 1. The molecule has 2 aromatic rings. The lowest BCUT2D eigenvalue weighted by Gasteiger charge is -2.15. The van der Waals surface area contributed by atoms with Crippen LogP contribution < -0.4 is 0 Å². The fourth-order valence-electron chi connectivity index (χ4n) is 2.83. The van der Waals surface area contributed by atoms with Gasteiger partial charge in [0.25, 0.3) is 0 Å². The second-order valence-corrected chi connectivity index (χ2v) is 5.54. The molecule has 1 unspecified atom stereocenters. The van der Waals surface area contributed by atoms with E-state index >= 15 is 0 Å². The molecule has 1 amide bonds. The third kappa shape index (κ3) is 2.26. The molecule has 1 aliphatic rings. The Labute approximate surface area is 122 Å². The summed E-state index contributed by atoms with van der Waals surface area (Å²) in [6.45, 7) is 4.29. The summed E-state index contributed by atoms with van der Waals surface area (Å²) in [6.07, 6.45) is 2.29. The van der Waals surface area contributed by atoms with Crippen molar-refractivity contribution in [2.75, 3.05) is 13.1 Å². The number of fused-ring (bicyclic) bond motifs is 1. The summed E-state index contributed by atoms with van der Waals surface area (Å²) < 4.78 is 1.87. The zero-order chi connectivity index (χ0) is 15.1. The SMILES string of the molecule is Cc1cc2ncn(C3CCN(CC(=O)O)C3=O)c2cc1C. The van der Waals surface area contributed by atoms with Gasteiger partial charge in [0.2, 0.25) is 5.91 Å². The quantitative estimate of drug-likeness (QED) is 0.928. The summed E-state index contributed by atoms with van der Waals surface area (Å²) >= 11 is 0. The Hall–Kier alpha value is -2.37. The first-order valence-corrected chi connectivity index (χ1v) is 6.91. The Bertz CT molecular complexity index is 735. The molecule has 1 aromatic heterocycles. The molecule has 6 nitrogen and oxygen atoms in total. The van der Waals surface area contributed by atoms with E-state index in [9.17, 15) is 9.59 Å². The van der Waals surface area contributed by atoms with E-state index in [0.717, 1.165) is 22.2 Å². The third-order valence-corrected chi connectivity index (χ3v) is 4.12. The van der Waals surface area contributed by atoms with Crippen molar-refractivity contribution in [1.82, 2.24) is 14.5 Å². The number of aromatic nitrogens is 2. The highest BCUT2D eigenvalue weighted by Crippen LogP contribution is 2.28. The topological polar surface area (TPSA) is 75.4 Å². The van der Waals surface area contributed by atoms with E-state index in [1.165, 1.54) is 4.90 Å². The summed E-state index contributed by atoms with van der Waals surface area (Å²) in [5, 5.41) is 8.83. The van der Waals surface area contributed by atoms with Crippen molar-refractivity contribution in [3.8, 4) is 0 Å². The van der Waals surface area contributed by atoms with Crippen LogP contribution in [0.15, 0.2) is 18.5 Å². The van der Waals surface area contributed by atoms with Gasteiger partial charge in [-0.3, -0.25) is 9.59 Å². The van der Waals surface area contributed by atoms with Crippen molar-refractivity contribution >= 4 is 22.9 Å². The van der Waals surface area contributed by atoms with Gasteiger partial charge in [-0.2, -0.15) is 0 Å². The number of carboxylic acids is 1. The number of amides is 1. The highest BCUT2D eigenvalue weighted by atomic mass is 16.4. The molecule has 110 valence electrons. The van der Waals surface area contributed by atoms with Gasteiger partial charge in [-0.15, -0.1) is 0 Å². The van der Waals surface area contributed by atoms with Crippen LogP contribution in [0, 0.1) is 13.8 Å². The van der Waals surface area contributed by atoms with Crippen LogP contribution in [0.2, 0.25) is 0 Å². The molecular formula is C15H17N3O3. The van der Waals surface area contributed by atoms with Crippen LogP contribution in [0.4, 0.5) is 0 Å². The van der Waals surface area contributed by atoms with Gasteiger partial charge in [0.1, 0.15) is 12.6 Å². The molecule has 6 heteroatoms. The van der Waals surface area contributed by atoms with Gasteiger partial charge in [-0.1, -0.05) is 0 Å². The molecule has 1 aromatic carbocycles. The molecule has 1 fully saturated rings. The first kappa shape index (κ1) is 13.6. The molecule has 21 heavy (non-hydrogen) atoms. The van der Waals surface area contributed by atoms with E-state index < -0.39 is 5.97 Å². The van der Waals surface area contributed by atoms with Crippen LogP contribution in [0.1, 0.15) is 23.6 Å². The number of hydrogen-bond donors (Lipinski definition) is 1. The van der Waals surface area contributed by atoms with Crippen LogP contribution in [-0.4, -0.2) is 44.5 Å².